The van der Waals surface area contributed by atoms with E-state index in [4.69, 9.17) is 30.2 Å². The van der Waals surface area contributed by atoms with Crippen molar-refractivity contribution in [3.8, 4) is 57.6 Å². The second-order valence-electron chi connectivity index (χ2n) is 13.4. The highest BCUT2D eigenvalue weighted by molar-refractivity contribution is 6.32. The van der Waals surface area contributed by atoms with E-state index >= 15 is 0 Å². The van der Waals surface area contributed by atoms with Gasteiger partial charge >= 0.3 is 0 Å². The summed E-state index contributed by atoms with van der Waals surface area (Å²) < 4.78 is 13.4. The molecule has 0 atom stereocenters. The minimum absolute atomic E-state index is 0.485. The summed E-state index contributed by atoms with van der Waals surface area (Å²) in [6, 6.07) is 49.6. The molecule has 0 saturated heterocycles. The van der Waals surface area contributed by atoms with Crippen molar-refractivity contribution in [3.63, 3.8) is 0 Å². The quantitative estimate of drug-likeness (QED) is 0.127. The molecule has 0 aliphatic carbocycles. The highest BCUT2D eigenvalue weighted by Gasteiger charge is 2.24. The van der Waals surface area contributed by atoms with Crippen LogP contribution in [0.2, 0.25) is 0 Å². The molecule has 5 heteroatoms. The standard InChI is InChI=1S/C50H31N3O2/c1-3-5-13-31(4-2)33-20-24-36(25-21-33)48-51-49(37-26-22-34(23-27-37)32-14-7-6-8-15-32)53-50(52-48)40-30-43-46(45-39-18-11-12-19-41(39)55-47(40)45)44-38-17-10-9-16-35(38)28-29-42(44)54-43/h1,4-30H,2H3/b13-5-,31-4+. The number of nitrogens with zero attached hydrogens (tertiary/aromatic N) is 3. The number of allylic oxidation sites excluding steroid dienone is 4. The molecule has 3 aromatic heterocycles. The topological polar surface area (TPSA) is 65.0 Å². The number of aromatic nitrogens is 3. The van der Waals surface area contributed by atoms with Crippen LogP contribution in [0.5, 0.6) is 0 Å². The van der Waals surface area contributed by atoms with Gasteiger partial charge in [0, 0.05) is 32.7 Å². The van der Waals surface area contributed by atoms with Gasteiger partial charge in [0.1, 0.15) is 22.3 Å². The van der Waals surface area contributed by atoms with Crippen LogP contribution in [0, 0.1) is 12.3 Å². The van der Waals surface area contributed by atoms with E-state index < -0.39 is 0 Å². The molecule has 55 heavy (non-hydrogen) atoms. The summed E-state index contributed by atoms with van der Waals surface area (Å²) in [7, 11) is 0. The molecule has 10 aromatic rings. The second-order valence-corrected chi connectivity index (χ2v) is 13.4. The summed E-state index contributed by atoms with van der Waals surface area (Å²) in [4.78, 5) is 15.4. The van der Waals surface area contributed by atoms with Crippen LogP contribution in [-0.2, 0) is 0 Å². The van der Waals surface area contributed by atoms with Gasteiger partial charge in [0.2, 0.25) is 0 Å². The van der Waals surface area contributed by atoms with Crippen molar-refractivity contribution in [2.75, 3.05) is 0 Å². The monoisotopic (exact) mass is 705 g/mol. The molecule has 0 bridgehead atoms. The maximum absolute atomic E-state index is 6.75. The Labute approximate surface area is 316 Å². The number of para-hydroxylation sites is 1. The molecule has 0 aliphatic heterocycles. The lowest BCUT2D eigenvalue weighted by molar-refractivity contribution is 0.663. The minimum Gasteiger partial charge on any atom is -0.456 e. The first kappa shape index (κ1) is 32.1. The van der Waals surface area contributed by atoms with E-state index in [1.807, 2.05) is 73.7 Å². The molecule has 5 nitrogen and oxygen atoms in total. The number of hydrogen-bond donors (Lipinski definition) is 0. The molecule has 0 fully saturated rings. The van der Waals surface area contributed by atoms with Gasteiger partial charge in [0.05, 0.1) is 5.56 Å². The Morgan fingerprint density at radius 3 is 1.93 bits per heavy atom. The highest BCUT2D eigenvalue weighted by Crippen LogP contribution is 2.46. The van der Waals surface area contributed by atoms with Crippen LogP contribution in [0.1, 0.15) is 12.5 Å². The summed E-state index contributed by atoms with van der Waals surface area (Å²) in [6.07, 6.45) is 11.2. The first-order valence-electron chi connectivity index (χ1n) is 18.2. The van der Waals surface area contributed by atoms with E-state index in [0.717, 1.165) is 88.0 Å². The Morgan fingerprint density at radius 2 is 1.18 bits per heavy atom. The predicted octanol–water partition coefficient (Wildman–Crippen LogP) is 13.1. The average molecular weight is 706 g/mol. The Balaban J connectivity index is 1.22. The third-order valence-electron chi connectivity index (χ3n) is 10.2. The van der Waals surface area contributed by atoms with Gasteiger partial charge in [-0.3, -0.25) is 0 Å². The van der Waals surface area contributed by atoms with E-state index in [1.165, 1.54) is 0 Å². The summed E-state index contributed by atoms with van der Waals surface area (Å²) >= 11 is 0. The third kappa shape index (κ3) is 5.48. The van der Waals surface area contributed by atoms with Crippen molar-refractivity contribution in [1.82, 2.24) is 15.0 Å². The summed E-state index contributed by atoms with van der Waals surface area (Å²) in [5, 5.41) is 6.31. The highest BCUT2D eigenvalue weighted by atomic mass is 16.3. The Bertz CT molecular complexity index is 3200. The minimum atomic E-state index is 0.485. The molecular formula is C50H31N3O2. The molecule has 7 aromatic carbocycles. The van der Waals surface area contributed by atoms with Crippen molar-refractivity contribution in [2.45, 2.75) is 6.92 Å². The zero-order chi connectivity index (χ0) is 36.9. The zero-order valence-electron chi connectivity index (χ0n) is 29.8. The van der Waals surface area contributed by atoms with Crippen LogP contribution in [0.15, 0.2) is 173 Å². The Morgan fingerprint density at radius 1 is 0.545 bits per heavy atom. The Kier molecular flexibility index (Phi) is 7.68. The maximum Gasteiger partial charge on any atom is 0.168 e. The van der Waals surface area contributed by atoms with Crippen LogP contribution in [0.25, 0.3) is 106 Å². The fraction of sp³-hybridized carbons (Fsp3) is 0.0200. The lowest BCUT2D eigenvalue weighted by Gasteiger charge is -2.10. The molecule has 0 unspecified atom stereocenters. The van der Waals surface area contributed by atoms with Crippen molar-refractivity contribution >= 4 is 60.2 Å². The van der Waals surface area contributed by atoms with Crippen molar-refractivity contribution in [2.24, 2.45) is 0 Å². The fourth-order valence-corrected chi connectivity index (χ4v) is 7.59. The largest absolute Gasteiger partial charge is 0.456 e. The van der Waals surface area contributed by atoms with Crippen LogP contribution >= 0.6 is 0 Å². The molecule has 0 saturated carbocycles. The van der Waals surface area contributed by atoms with Gasteiger partial charge in [0.15, 0.2) is 17.5 Å². The van der Waals surface area contributed by atoms with Gasteiger partial charge in [-0.25, -0.2) is 15.0 Å². The van der Waals surface area contributed by atoms with E-state index in [0.29, 0.717) is 23.1 Å². The molecule has 0 spiro atoms. The third-order valence-corrected chi connectivity index (χ3v) is 10.2. The average Bonchev–Trinajstić information content (AvgIpc) is 3.83. The van der Waals surface area contributed by atoms with E-state index in [-0.39, 0.29) is 0 Å². The van der Waals surface area contributed by atoms with Crippen LogP contribution in [-0.4, -0.2) is 15.0 Å². The van der Waals surface area contributed by atoms with Crippen molar-refractivity contribution in [3.05, 3.63) is 169 Å². The van der Waals surface area contributed by atoms with E-state index in [2.05, 4.69) is 96.9 Å². The van der Waals surface area contributed by atoms with Gasteiger partial charge in [-0.1, -0.05) is 139 Å². The molecule has 0 N–H and O–H groups in total. The molecular weight excluding hydrogens is 675 g/mol. The summed E-state index contributed by atoms with van der Waals surface area (Å²) in [5.41, 5.74) is 9.78. The molecule has 10 rings (SSSR count). The SMILES string of the molecule is C#C/C=C\C(=C/C)c1ccc(-c2nc(-c3ccc(-c4ccccc4)cc3)nc(-c3cc4oc5ccc6ccccc6c5c4c4c3oc3ccccc34)n2)cc1. The van der Waals surface area contributed by atoms with Crippen LogP contribution in [0.3, 0.4) is 0 Å². The maximum atomic E-state index is 6.75. The summed E-state index contributed by atoms with van der Waals surface area (Å²) in [5.74, 6) is 4.16. The number of fused-ring (bicyclic) bond motifs is 9. The number of benzene rings is 7. The number of furan rings is 2. The molecule has 0 amide bonds. The van der Waals surface area contributed by atoms with Gasteiger partial charge in [-0.05, 0) is 70.3 Å². The molecule has 0 aliphatic rings. The Hall–Kier alpha value is -7.55. The normalized spacial score (nSPS) is 12.1. The lowest BCUT2D eigenvalue weighted by Crippen LogP contribution is -2.00. The number of terminal acetylenes is 1. The van der Waals surface area contributed by atoms with E-state index in [9.17, 15) is 0 Å². The second kappa shape index (κ2) is 13.1. The van der Waals surface area contributed by atoms with Gasteiger partial charge in [-0.2, -0.15) is 0 Å². The molecule has 0 radical (unpaired) electrons. The van der Waals surface area contributed by atoms with E-state index in [1.54, 1.807) is 6.08 Å². The smallest absolute Gasteiger partial charge is 0.168 e. The van der Waals surface area contributed by atoms with Crippen molar-refractivity contribution < 1.29 is 8.83 Å². The van der Waals surface area contributed by atoms with Gasteiger partial charge < -0.3 is 8.83 Å². The predicted molar refractivity (Wildman–Crippen MR) is 225 cm³/mol. The van der Waals surface area contributed by atoms with Crippen LogP contribution in [0.4, 0.5) is 0 Å². The fourth-order valence-electron chi connectivity index (χ4n) is 7.59. The van der Waals surface area contributed by atoms with Gasteiger partial charge in [-0.15, -0.1) is 6.42 Å². The number of rotatable bonds is 6. The zero-order valence-corrected chi connectivity index (χ0v) is 29.8. The molecule has 258 valence electrons. The van der Waals surface area contributed by atoms with Gasteiger partial charge in [0.25, 0.3) is 0 Å². The first-order valence-corrected chi connectivity index (χ1v) is 18.2. The number of hydrogen-bond acceptors (Lipinski definition) is 5. The molecule has 3 heterocycles. The first-order chi connectivity index (χ1) is 27.2. The van der Waals surface area contributed by atoms with Crippen LogP contribution < -0.4 is 0 Å². The van der Waals surface area contributed by atoms with Crippen molar-refractivity contribution in [1.29, 1.82) is 0 Å². The summed E-state index contributed by atoms with van der Waals surface area (Å²) in [6.45, 7) is 2.00. The lowest BCUT2D eigenvalue weighted by atomic mass is 9.98.